The molecule has 2 heterocycles. The molecule has 1 aliphatic heterocycles. The number of benzene rings is 2. The molecule has 7 heteroatoms. The Kier molecular flexibility index (Phi) is 5.82. The van der Waals surface area contributed by atoms with E-state index in [1.54, 1.807) is 11.0 Å². The average molecular weight is 499 g/mol. The summed E-state index contributed by atoms with van der Waals surface area (Å²) >= 11 is 0. The minimum Gasteiger partial charge on any atom is -0.444 e. The van der Waals surface area contributed by atoms with E-state index in [1.807, 2.05) is 32.9 Å². The molecular formula is C30H34N4O3. The zero-order valence-electron chi connectivity index (χ0n) is 22.5. The maximum atomic E-state index is 13.9. The summed E-state index contributed by atoms with van der Waals surface area (Å²) in [6, 6.07) is 11.9. The van der Waals surface area contributed by atoms with Crippen LogP contribution >= 0.6 is 0 Å². The van der Waals surface area contributed by atoms with Gasteiger partial charge in [-0.3, -0.25) is 4.79 Å². The number of ketones is 1. The number of aromatic amines is 1. The van der Waals surface area contributed by atoms with Crippen LogP contribution in [0.5, 0.6) is 0 Å². The molecule has 3 aromatic rings. The largest absolute Gasteiger partial charge is 0.444 e. The van der Waals surface area contributed by atoms with Crippen molar-refractivity contribution in [3.63, 3.8) is 0 Å². The molecule has 0 saturated carbocycles. The highest BCUT2D eigenvalue weighted by molar-refractivity contribution is 6.20. The van der Waals surface area contributed by atoms with E-state index in [9.17, 15) is 14.9 Å². The van der Waals surface area contributed by atoms with Gasteiger partial charge in [0.1, 0.15) is 5.60 Å². The first-order valence-corrected chi connectivity index (χ1v) is 13.0. The summed E-state index contributed by atoms with van der Waals surface area (Å²) in [6.45, 7) is 14.6. The number of nitrogens with one attached hydrogen (secondary N) is 1. The summed E-state index contributed by atoms with van der Waals surface area (Å²) in [5.41, 5.74) is 6.03. The number of rotatable bonds is 2. The maximum Gasteiger partial charge on any atom is 0.410 e. The minimum absolute atomic E-state index is 0.0243. The highest BCUT2D eigenvalue weighted by Crippen LogP contribution is 2.45. The first-order valence-electron chi connectivity index (χ1n) is 13.0. The van der Waals surface area contributed by atoms with Gasteiger partial charge in [-0.05, 0) is 62.6 Å². The topological polar surface area (TPSA) is 89.4 Å². The van der Waals surface area contributed by atoms with Crippen LogP contribution in [0.4, 0.5) is 10.5 Å². The molecule has 0 atom stereocenters. The number of carbonyl (C=O) groups excluding carboxylic acids is 2. The lowest BCUT2D eigenvalue weighted by Crippen LogP contribution is -2.50. The molecule has 1 fully saturated rings. The van der Waals surface area contributed by atoms with Crippen LogP contribution in [0, 0.1) is 11.3 Å². The van der Waals surface area contributed by atoms with Crippen molar-refractivity contribution < 1.29 is 14.3 Å². The second-order valence-electron chi connectivity index (χ2n) is 11.5. The van der Waals surface area contributed by atoms with Gasteiger partial charge in [-0.25, -0.2) is 4.79 Å². The van der Waals surface area contributed by atoms with Gasteiger partial charge in [-0.2, -0.15) is 5.26 Å². The number of nitrogens with zero attached hydrogens (tertiary/aromatic N) is 3. The van der Waals surface area contributed by atoms with E-state index < -0.39 is 11.0 Å². The molecule has 2 aliphatic rings. The number of hydrogen-bond acceptors (Lipinski definition) is 5. The molecule has 1 aliphatic carbocycles. The zero-order chi connectivity index (χ0) is 26.7. The van der Waals surface area contributed by atoms with Crippen LogP contribution < -0.4 is 4.90 Å². The number of anilines is 1. The number of H-pyrrole nitrogens is 1. The summed E-state index contributed by atoms with van der Waals surface area (Å²) < 4.78 is 5.56. The van der Waals surface area contributed by atoms with E-state index >= 15 is 0 Å². The van der Waals surface area contributed by atoms with Crippen LogP contribution in [0.3, 0.4) is 0 Å². The highest BCUT2D eigenvalue weighted by atomic mass is 16.6. The van der Waals surface area contributed by atoms with E-state index in [-0.39, 0.29) is 11.9 Å². The molecule has 0 bridgehead atoms. The van der Waals surface area contributed by atoms with Crippen LogP contribution in [0.15, 0.2) is 30.3 Å². The molecule has 37 heavy (non-hydrogen) atoms. The van der Waals surface area contributed by atoms with Gasteiger partial charge in [-0.1, -0.05) is 26.8 Å². The lowest BCUT2D eigenvalue weighted by atomic mass is 9.70. The predicted octanol–water partition coefficient (Wildman–Crippen LogP) is 5.53. The minimum atomic E-state index is -0.516. The van der Waals surface area contributed by atoms with E-state index in [1.165, 1.54) is 0 Å². The fourth-order valence-electron chi connectivity index (χ4n) is 5.61. The molecule has 1 amide bonds. The molecule has 0 unspecified atom stereocenters. The Morgan fingerprint density at radius 3 is 2.46 bits per heavy atom. The normalized spacial score (nSPS) is 16.8. The standard InChI is InChI=1S/C30H34N4O3/c1-7-19-15-21-22(16-24(19)33-10-12-34(13-11-33)28(36)37-29(2,3)4)30(5,6)27-25(26(21)35)20-9-8-18(17-31)14-23(20)32-27/h8-9,14-16,32H,7,10-13H2,1-6H3. The number of aryl methyl sites for hydroxylation is 1. The third-order valence-electron chi connectivity index (χ3n) is 7.57. The lowest BCUT2D eigenvalue weighted by molar-refractivity contribution is 0.0240. The van der Waals surface area contributed by atoms with E-state index in [0.29, 0.717) is 37.3 Å². The fraction of sp³-hybridized carbons (Fsp3) is 0.433. The number of nitriles is 1. The molecule has 0 radical (unpaired) electrons. The highest BCUT2D eigenvalue weighted by Gasteiger charge is 2.40. The Morgan fingerprint density at radius 2 is 1.84 bits per heavy atom. The monoisotopic (exact) mass is 498 g/mol. The smallest absolute Gasteiger partial charge is 0.410 e. The molecule has 192 valence electrons. The van der Waals surface area contributed by atoms with Gasteiger partial charge in [0.05, 0.1) is 17.2 Å². The van der Waals surface area contributed by atoms with Crippen molar-refractivity contribution in [2.75, 3.05) is 31.1 Å². The number of ether oxygens (including phenoxy) is 1. The Labute approximate surface area is 218 Å². The summed E-state index contributed by atoms with van der Waals surface area (Å²) in [5, 5.41) is 10.2. The molecule has 1 aromatic heterocycles. The van der Waals surface area contributed by atoms with Gasteiger partial charge in [0.25, 0.3) is 0 Å². The second kappa shape index (κ2) is 8.65. The zero-order valence-corrected chi connectivity index (χ0v) is 22.5. The molecular weight excluding hydrogens is 464 g/mol. The summed E-state index contributed by atoms with van der Waals surface area (Å²) in [5.74, 6) is 0.0243. The van der Waals surface area contributed by atoms with E-state index in [0.717, 1.165) is 45.4 Å². The fourth-order valence-corrected chi connectivity index (χ4v) is 5.61. The van der Waals surface area contributed by atoms with Gasteiger partial charge in [0.2, 0.25) is 0 Å². The van der Waals surface area contributed by atoms with Crippen molar-refractivity contribution in [2.24, 2.45) is 0 Å². The SMILES string of the molecule is CCc1cc2c(cc1N1CCN(C(=O)OC(C)(C)C)CC1)C(C)(C)c1[nH]c3cc(C#N)ccc3c1C2=O. The van der Waals surface area contributed by atoms with E-state index in [4.69, 9.17) is 4.74 Å². The van der Waals surface area contributed by atoms with Crippen LogP contribution in [0.25, 0.3) is 10.9 Å². The van der Waals surface area contributed by atoms with Crippen molar-refractivity contribution in [1.82, 2.24) is 9.88 Å². The van der Waals surface area contributed by atoms with Crippen molar-refractivity contribution in [3.8, 4) is 6.07 Å². The van der Waals surface area contributed by atoms with E-state index in [2.05, 4.69) is 48.9 Å². The maximum absolute atomic E-state index is 13.9. The van der Waals surface area contributed by atoms with Gasteiger partial charge < -0.3 is 19.5 Å². The Balaban J connectivity index is 1.51. The molecule has 0 spiro atoms. The molecule has 7 nitrogen and oxygen atoms in total. The second-order valence-corrected chi connectivity index (χ2v) is 11.5. The summed E-state index contributed by atoms with van der Waals surface area (Å²) in [4.78, 5) is 34.0. The van der Waals surface area contributed by atoms with Crippen LogP contribution in [0.1, 0.15) is 79.8 Å². The predicted molar refractivity (Wildman–Crippen MR) is 144 cm³/mol. The Bertz CT molecular complexity index is 1460. The molecule has 5 rings (SSSR count). The molecule has 1 N–H and O–H groups in total. The first kappa shape index (κ1) is 24.9. The lowest BCUT2D eigenvalue weighted by Gasteiger charge is -2.39. The van der Waals surface area contributed by atoms with Crippen LogP contribution in [0.2, 0.25) is 0 Å². The van der Waals surface area contributed by atoms with Crippen molar-refractivity contribution in [1.29, 1.82) is 5.26 Å². The third kappa shape index (κ3) is 4.15. The number of aromatic nitrogens is 1. The Morgan fingerprint density at radius 1 is 1.14 bits per heavy atom. The van der Waals surface area contributed by atoms with Gasteiger partial charge in [0.15, 0.2) is 5.78 Å². The number of amides is 1. The van der Waals surface area contributed by atoms with Gasteiger partial charge >= 0.3 is 6.09 Å². The third-order valence-corrected chi connectivity index (χ3v) is 7.57. The van der Waals surface area contributed by atoms with Crippen molar-refractivity contribution >= 4 is 28.5 Å². The first-order chi connectivity index (χ1) is 17.4. The Hall–Kier alpha value is -3.79. The van der Waals surface area contributed by atoms with Crippen molar-refractivity contribution in [2.45, 2.75) is 59.0 Å². The quantitative estimate of drug-likeness (QED) is 0.502. The number of hydrogen-bond donors (Lipinski definition) is 1. The summed E-state index contributed by atoms with van der Waals surface area (Å²) in [7, 11) is 0. The number of carbonyl (C=O) groups is 2. The van der Waals surface area contributed by atoms with Crippen molar-refractivity contribution in [3.05, 3.63) is 63.8 Å². The van der Waals surface area contributed by atoms with Gasteiger partial charge in [-0.15, -0.1) is 0 Å². The number of fused-ring (bicyclic) bond motifs is 4. The number of piperazine rings is 1. The van der Waals surface area contributed by atoms with Crippen LogP contribution in [-0.2, 0) is 16.6 Å². The average Bonchev–Trinajstić information content (AvgIpc) is 3.26. The van der Waals surface area contributed by atoms with Gasteiger partial charge in [0, 0.05) is 59.4 Å². The van der Waals surface area contributed by atoms with Crippen LogP contribution in [-0.4, -0.2) is 53.5 Å². The molecule has 2 aromatic carbocycles. The molecule has 1 saturated heterocycles. The summed E-state index contributed by atoms with van der Waals surface area (Å²) in [6.07, 6.45) is 0.528.